The lowest BCUT2D eigenvalue weighted by Gasteiger charge is -2.47. The van der Waals surface area contributed by atoms with Crippen LogP contribution in [0.4, 0.5) is 5.69 Å². The highest BCUT2D eigenvalue weighted by Crippen LogP contribution is 2.35. The van der Waals surface area contributed by atoms with Gasteiger partial charge in [0, 0.05) is 18.8 Å². The molecule has 21 heavy (non-hydrogen) atoms. The molecule has 1 unspecified atom stereocenters. The second-order valence-electron chi connectivity index (χ2n) is 5.95. The summed E-state index contributed by atoms with van der Waals surface area (Å²) < 4.78 is 0. The first-order chi connectivity index (χ1) is 10.3. The van der Waals surface area contributed by atoms with Gasteiger partial charge in [-0.15, -0.1) is 0 Å². The predicted octanol–water partition coefficient (Wildman–Crippen LogP) is 3.40. The van der Waals surface area contributed by atoms with Gasteiger partial charge in [-0.05, 0) is 49.4 Å². The summed E-state index contributed by atoms with van der Waals surface area (Å²) in [6.45, 7) is 3.92. The van der Waals surface area contributed by atoms with E-state index >= 15 is 0 Å². The molecule has 2 nitrogen and oxygen atoms in total. The molecule has 1 atom stereocenters. The van der Waals surface area contributed by atoms with Crippen molar-refractivity contribution in [2.24, 2.45) is 5.73 Å². The normalized spacial score (nSPS) is 20.9. The Bertz CT molecular complexity index is 594. The van der Waals surface area contributed by atoms with Crippen molar-refractivity contribution < 1.29 is 0 Å². The Morgan fingerprint density at radius 3 is 2.33 bits per heavy atom. The average molecular weight is 280 g/mol. The van der Waals surface area contributed by atoms with Gasteiger partial charge in [0.25, 0.3) is 0 Å². The zero-order valence-corrected chi connectivity index (χ0v) is 12.8. The Morgan fingerprint density at radius 1 is 1.00 bits per heavy atom. The van der Waals surface area contributed by atoms with Crippen LogP contribution in [0.5, 0.6) is 0 Å². The standard InChI is InChI=1S/C19H24N2/c1-2-21(18-10-4-3-5-11-18)19(15-20)13-12-16-8-6-7-9-17(16)14-19/h3-11H,2,12-15,20H2,1H3. The number of nitrogens with zero attached hydrogens (tertiary/aromatic N) is 1. The second-order valence-corrected chi connectivity index (χ2v) is 5.95. The molecule has 1 aliphatic rings. The lowest BCUT2D eigenvalue weighted by Crippen LogP contribution is -2.57. The molecule has 0 aliphatic heterocycles. The lowest BCUT2D eigenvalue weighted by atomic mass is 9.76. The molecule has 0 heterocycles. The van der Waals surface area contributed by atoms with Gasteiger partial charge in [0.2, 0.25) is 0 Å². The third kappa shape index (κ3) is 2.56. The highest BCUT2D eigenvalue weighted by Gasteiger charge is 2.38. The van der Waals surface area contributed by atoms with Crippen LogP contribution in [0, 0.1) is 0 Å². The van der Waals surface area contributed by atoms with Crippen molar-refractivity contribution in [3.05, 3.63) is 65.7 Å². The Morgan fingerprint density at radius 2 is 1.67 bits per heavy atom. The Balaban J connectivity index is 1.97. The van der Waals surface area contributed by atoms with Crippen LogP contribution < -0.4 is 10.6 Å². The summed E-state index contributed by atoms with van der Waals surface area (Å²) >= 11 is 0. The molecule has 2 aromatic carbocycles. The summed E-state index contributed by atoms with van der Waals surface area (Å²) in [5.41, 5.74) is 10.5. The molecule has 0 fully saturated rings. The molecule has 3 rings (SSSR count). The van der Waals surface area contributed by atoms with Gasteiger partial charge in [0.05, 0.1) is 5.54 Å². The molecule has 0 spiro atoms. The van der Waals surface area contributed by atoms with Crippen LogP contribution >= 0.6 is 0 Å². The van der Waals surface area contributed by atoms with E-state index in [1.54, 1.807) is 0 Å². The number of rotatable bonds is 4. The summed E-state index contributed by atoms with van der Waals surface area (Å²) in [6.07, 6.45) is 3.29. The minimum atomic E-state index is 0.0461. The summed E-state index contributed by atoms with van der Waals surface area (Å²) in [5, 5.41) is 0. The predicted molar refractivity (Wildman–Crippen MR) is 89.7 cm³/mol. The molecule has 2 heteroatoms. The van der Waals surface area contributed by atoms with Gasteiger partial charge in [-0.3, -0.25) is 0 Å². The van der Waals surface area contributed by atoms with E-state index in [9.17, 15) is 0 Å². The number of fused-ring (bicyclic) bond motifs is 1. The van der Waals surface area contributed by atoms with Crippen LogP contribution in [0.15, 0.2) is 54.6 Å². The fourth-order valence-electron chi connectivity index (χ4n) is 3.70. The maximum atomic E-state index is 6.27. The van der Waals surface area contributed by atoms with Crippen molar-refractivity contribution in [2.45, 2.75) is 31.7 Å². The van der Waals surface area contributed by atoms with Crippen molar-refractivity contribution >= 4 is 5.69 Å². The quantitative estimate of drug-likeness (QED) is 0.930. The van der Waals surface area contributed by atoms with Crippen LogP contribution in [0.1, 0.15) is 24.5 Å². The monoisotopic (exact) mass is 280 g/mol. The summed E-state index contributed by atoms with van der Waals surface area (Å²) in [5.74, 6) is 0. The minimum Gasteiger partial charge on any atom is -0.365 e. The molecule has 0 aromatic heterocycles. The van der Waals surface area contributed by atoms with E-state index in [0.29, 0.717) is 6.54 Å². The van der Waals surface area contributed by atoms with Gasteiger partial charge in [0.1, 0.15) is 0 Å². The molecule has 1 aliphatic carbocycles. The average Bonchev–Trinajstić information content (AvgIpc) is 2.56. The van der Waals surface area contributed by atoms with Gasteiger partial charge in [0.15, 0.2) is 0 Å². The molecule has 2 N–H and O–H groups in total. The maximum absolute atomic E-state index is 6.27. The molecule has 110 valence electrons. The maximum Gasteiger partial charge on any atom is 0.0567 e. The Kier molecular flexibility index (Phi) is 3.98. The fourth-order valence-corrected chi connectivity index (χ4v) is 3.70. The number of hydrogen-bond acceptors (Lipinski definition) is 2. The molecule has 0 saturated carbocycles. The number of benzene rings is 2. The number of likely N-dealkylation sites (N-methyl/N-ethyl adjacent to an activating group) is 1. The van der Waals surface area contributed by atoms with Crippen LogP contribution in [0.3, 0.4) is 0 Å². The van der Waals surface area contributed by atoms with Gasteiger partial charge in [-0.1, -0.05) is 42.5 Å². The third-order valence-electron chi connectivity index (χ3n) is 4.83. The minimum absolute atomic E-state index is 0.0461. The highest BCUT2D eigenvalue weighted by molar-refractivity contribution is 5.51. The number of hydrogen-bond donors (Lipinski definition) is 1. The lowest BCUT2D eigenvalue weighted by molar-refractivity contribution is 0.351. The van der Waals surface area contributed by atoms with Crippen LogP contribution in [0.25, 0.3) is 0 Å². The SMILES string of the molecule is CCN(c1ccccc1)C1(CN)CCc2ccccc2C1. The van der Waals surface area contributed by atoms with Crippen LogP contribution in [-0.2, 0) is 12.8 Å². The summed E-state index contributed by atoms with van der Waals surface area (Å²) in [7, 11) is 0. The zero-order valence-electron chi connectivity index (χ0n) is 12.8. The van der Waals surface area contributed by atoms with E-state index < -0.39 is 0 Å². The van der Waals surface area contributed by atoms with Gasteiger partial charge in [-0.25, -0.2) is 0 Å². The molecule has 0 saturated heterocycles. The molecular formula is C19H24N2. The molecule has 0 bridgehead atoms. The number of nitrogens with two attached hydrogens (primary N) is 1. The second kappa shape index (κ2) is 5.90. The van der Waals surface area contributed by atoms with E-state index in [1.807, 2.05) is 0 Å². The van der Waals surface area contributed by atoms with Crippen molar-refractivity contribution in [1.29, 1.82) is 0 Å². The van der Waals surface area contributed by atoms with Crippen molar-refractivity contribution in [3.8, 4) is 0 Å². The van der Waals surface area contributed by atoms with E-state index in [0.717, 1.165) is 25.8 Å². The van der Waals surface area contributed by atoms with E-state index in [2.05, 4.69) is 66.4 Å². The van der Waals surface area contributed by atoms with Crippen molar-refractivity contribution in [2.75, 3.05) is 18.0 Å². The Hall–Kier alpha value is -1.80. The smallest absolute Gasteiger partial charge is 0.0567 e. The number of aryl methyl sites for hydroxylation is 1. The van der Waals surface area contributed by atoms with Crippen molar-refractivity contribution in [1.82, 2.24) is 0 Å². The molecule has 0 amide bonds. The van der Waals surface area contributed by atoms with E-state index in [4.69, 9.17) is 5.73 Å². The van der Waals surface area contributed by atoms with Crippen LogP contribution in [-0.4, -0.2) is 18.6 Å². The molecular weight excluding hydrogens is 256 g/mol. The molecule has 0 radical (unpaired) electrons. The first kappa shape index (κ1) is 14.2. The van der Waals surface area contributed by atoms with Gasteiger partial charge in [-0.2, -0.15) is 0 Å². The number of anilines is 1. The van der Waals surface area contributed by atoms with Gasteiger partial charge < -0.3 is 10.6 Å². The van der Waals surface area contributed by atoms with E-state index in [-0.39, 0.29) is 5.54 Å². The summed E-state index contributed by atoms with van der Waals surface area (Å²) in [4.78, 5) is 2.50. The topological polar surface area (TPSA) is 29.3 Å². The highest BCUT2D eigenvalue weighted by atomic mass is 15.2. The van der Waals surface area contributed by atoms with Gasteiger partial charge >= 0.3 is 0 Å². The fraction of sp³-hybridized carbons (Fsp3) is 0.368. The first-order valence-electron chi connectivity index (χ1n) is 7.88. The third-order valence-corrected chi connectivity index (χ3v) is 4.83. The first-order valence-corrected chi connectivity index (χ1v) is 7.88. The largest absolute Gasteiger partial charge is 0.365 e. The summed E-state index contributed by atoms with van der Waals surface area (Å²) in [6, 6.07) is 19.5. The van der Waals surface area contributed by atoms with Crippen molar-refractivity contribution in [3.63, 3.8) is 0 Å². The Labute approximate surface area is 127 Å². The number of para-hydroxylation sites is 1. The van der Waals surface area contributed by atoms with E-state index in [1.165, 1.54) is 16.8 Å². The zero-order chi connectivity index (χ0) is 14.7. The van der Waals surface area contributed by atoms with Crippen LogP contribution in [0.2, 0.25) is 0 Å². The molecule has 2 aromatic rings.